The van der Waals surface area contributed by atoms with E-state index in [-0.39, 0.29) is 15.9 Å². The Morgan fingerprint density at radius 2 is 1.96 bits per heavy atom. The van der Waals surface area contributed by atoms with E-state index in [1.807, 2.05) is 0 Å². The third-order valence-electron chi connectivity index (χ3n) is 3.76. The number of halogens is 2. The van der Waals surface area contributed by atoms with Gasteiger partial charge >= 0.3 is 11.7 Å². The van der Waals surface area contributed by atoms with Crippen LogP contribution < -0.4 is 15.7 Å². The van der Waals surface area contributed by atoms with E-state index in [0.29, 0.717) is 5.75 Å². The molecular weight excluding hydrogens is 364 g/mol. The number of alkyl halides is 2. The first-order valence-electron chi connectivity index (χ1n) is 7.87. The Morgan fingerprint density at radius 1 is 1.30 bits per heavy atom. The van der Waals surface area contributed by atoms with E-state index in [4.69, 9.17) is 14.6 Å². The van der Waals surface area contributed by atoms with Crippen molar-refractivity contribution in [2.45, 2.75) is 18.6 Å². The lowest BCUT2D eigenvalue weighted by atomic mass is 10.2. The van der Waals surface area contributed by atoms with Crippen LogP contribution >= 0.6 is 0 Å². The second-order valence-electron chi connectivity index (χ2n) is 5.56. The molecule has 27 heavy (non-hydrogen) atoms. The summed E-state index contributed by atoms with van der Waals surface area (Å²) >= 11 is 0. The third-order valence-corrected chi connectivity index (χ3v) is 3.76. The van der Waals surface area contributed by atoms with Gasteiger partial charge in [-0.15, -0.1) is 0 Å². The van der Waals surface area contributed by atoms with Gasteiger partial charge in [0.2, 0.25) is 0 Å². The number of ether oxygens (including phenoxy) is 2. The topological polar surface area (TPSA) is 103 Å². The molecule has 0 aliphatic carbocycles. The molecule has 8 nitrogen and oxygen atoms in total. The highest BCUT2D eigenvalue weighted by atomic mass is 19.3. The predicted molar refractivity (Wildman–Crippen MR) is 92.1 cm³/mol. The summed E-state index contributed by atoms with van der Waals surface area (Å²) in [6.45, 7) is -0.621. The number of aliphatic hydroxyl groups is 1. The maximum Gasteiger partial charge on any atom is 0.354 e. The number of nitrogens with zero attached hydrogens (tertiary/aromatic N) is 2. The van der Waals surface area contributed by atoms with Crippen LogP contribution in [0.25, 0.3) is 0 Å². The summed E-state index contributed by atoms with van der Waals surface area (Å²) in [5.74, 6) is -0.168. The number of nitrogens with one attached hydrogen (secondary N) is 1. The Morgan fingerprint density at radius 3 is 2.48 bits per heavy atom. The monoisotopic (exact) mass is 383 g/mol. The van der Waals surface area contributed by atoms with Gasteiger partial charge in [0, 0.05) is 18.9 Å². The molecule has 10 heteroatoms. The number of aliphatic hydroxyl groups excluding tert-OH is 1. The molecule has 1 aromatic heterocycles. The van der Waals surface area contributed by atoms with Crippen molar-refractivity contribution in [3.05, 3.63) is 52.6 Å². The van der Waals surface area contributed by atoms with Gasteiger partial charge in [-0.2, -0.15) is 13.8 Å². The summed E-state index contributed by atoms with van der Waals surface area (Å²) < 4.78 is 38.2. The molecule has 0 saturated carbocycles. The zero-order valence-electron chi connectivity index (χ0n) is 14.7. The lowest BCUT2D eigenvalue weighted by molar-refractivity contribution is -0.129. The number of benzene rings is 1. The molecule has 0 aliphatic rings. The molecule has 1 atom stereocenters. The quantitative estimate of drug-likeness (QED) is 0.715. The molecule has 0 fully saturated rings. The Balaban J connectivity index is 2.15. The third kappa shape index (κ3) is 5.08. The van der Waals surface area contributed by atoms with Crippen LogP contribution in [0.15, 0.2) is 41.3 Å². The van der Waals surface area contributed by atoms with E-state index in [9.17, 15) is 18.4 Å². The largest absolute Gasteiger partial charge is 0.497 e. The average molecular weight is 383 g/mol. The lowest BCUT2D eigenvalue weighted by Crippen LogP contribution is -2.39. The minimum atomic E-state index is -3.62. The van der Waals surface area contributed by atoms with Crippen LogP contribution in [0.4, 0.5) is 14.6 Å². The van der Waals surface area contributed by atoms with Crippen LogP contribution in [0, 0.1) is 0 Å². The summed E-state index contributed by atoms with van der Waals surface area (Å²) in [6, 6.07) is 3.62. The summed E-state index contributed by atoms with van der Waals surface area (Å²) in [5.41, 5.74) is -0.974. The van der Waals surface area contributed by atoms with Crippen LogP contribution in [-0.4, -0.2) is 47.5 Å². The molecule has 0 radical (unpaired) electrons. The highest BCUT2D eigenvalue weighted by Crippen LogP contribution is 2.26. The number of hydrogen-bond donors (Lipinski definition) is 2. The molecular formula is C17H19F2N3O5. The summed E-state index contributed by atoms with van der Waals surface area (Å²) in [6.07, 6.45) is -1.22. The molecule has 1 aromatic carbocycles. The predicted octanol–water partition coefficient (Wildman–Crippen LogP) is 1.45. The Kier molecular flexibility index (Phi) is 6.59. The molecule has 0 saturated heterocycles. The van der Waals surface area contributed by atoms with Crippen LogP contribution in [0.2, 0.25) is 0 Å². The van der Waals surface area contributed by atoms with Gasteiger partial charge in [0.05, 0.1) is 26.2 Å². The van der Waals surface area contributed by atoms with Crippen molar-refractivity contribution >= 4 is 11.7 Å². The van der Waals surface area contributed by atoms with Crippen LogP contribution in [0.5, 0.6) is 5.75 Å². The van der Waals surface area contributed by atoms with Crippen molar-refractivity contribution < 1.29 is 28.2 Å². The lowest BCUT2D eigenvalue weighted by Gasteiger charge is -2.22. The fourth-order valence-electron chi connectivity index (χ4n) is 2.25. The van der Waals surface area contributed by atoms with Gasteiger partial charge < -0.3 is 19.9 Å². The molecule has 1 unspecified atom stereocenters. The molecule has 0 spiro atoms. The Hall–Kier alpha value is -2.85. The number of methoxy groups -OCH3 is 2. The van der Waals surface area contributed by atoms with Crippen LogP contribution in [0.1, 0.15) is 16.8 Å². The SMILES string of the molecule is COc1ccc(C(=O)Nc2ccn(C(F)(F)CC(CO)OC)c(=O)n2)cc1. The second kappa shape index (κ2) is 8.69. The van der Waals surface area contributed by atoms with Gasteiger partial charge in [-0.05, 0) is 30.3 Å². The normalized spacial score (nSPS) is 12.5. The minimum absolute atomic E-state index is 0.123. The standard InChI is InChI=1S/C17H19F2N3O5/c1-26-12-5-3-11(4-6-12)15(24)20-14-7-8-22(16(25)21-14)17(18,19)9-13(10-23)27-2/h3-8,13,23H,9-10H2,1-2H3,(H,20,21,24,25). The van der Waals surface area contributed by atoms with Crippen molar-refractivity contribution in [2.75, 3.05) is 26.1 Å². The van der Waals surface area contributed by atoms with E-state index in [0.717, 1.165) is 12.3 Å². The molecule has 2 aromatic rings. The second-order valence-corrected chi connectivity index (χ2v) is 5.56. The number of hydrogen-bond acceptors (Lipinski definition) is 6. The molecule has 0 aliphatic heterocycles. The molecule has 1 heterocycles. The van der Waals surface area contributed by atoms with Gasteiger partial charge in [-0.3, -0.25) is 4.79 Å². The molecule has 0 bridgehead atoms. The number of anilines is 1. The highest BCUT2D eigenvalue weighted by Gasteiger charge is 2.36. The van der Waals surface area contributed by atoms with E-state index < -0.39 is 36.8 Å². The smallest absolute Gasteiger partial charge is 0.354 e. The van der Waals surface area contributed by atoms with Gasteiger partial charge in [-0.25, -0.2) is 9.36 Å². The maximum atomic E-state index is 14.2. The molecule has 2 N–H and O–H groups in total. The maximum absolute atomic E-state index is 14.2. The van der Waals surface area contributed by atoms with Crippen molar-refractivity contribution in [1.82, 2.24) is 9.55 Å². The van der Waals surface area contributed by atoms with Crippen molar-refractivity contribution in [3.8, 4) is 5.75 Å². The fraction of sp³-hybridized carbons (Fsp3) is 0.353. The zero-order chi connectivity index (χ0) is 20.0. The fourth-order valence-corrected chi connectivity index (χ4v) is 2.25. The molecule has 146 valence electrons. The van der Waals surface area contributed by atoms with Crippen LogP contribution in [0.3, 0.4) is 0 Å². The number of amides is 1. The first-order chi connectivity index (χ1) is 12.8. The van der Waals surface area contributed by atoms with E-state index in [1.54, 1.807) is 12.1 Å². The molecule has 1 amide bonds. The van der Waals surface area contributed by atoms with E-state index >= 15 is 0 Å². The molecule has 2 rings (SSSR count). The first-order valence-corrected chi connectivity index (χ1v) is 7.87. The van der Waals surface area contributed by atoms with E-state index in [2.05, 4.69) is 10.3 Å². The zero-order valence-corrected chi connectivity index (χ0v) is 14.7. The summed E-state index contributed by atoms with van der Waals surface area (Å²) in [4.78, 5) is 27.5. The Labute approximate surface area is 153 Å². The average Bonchev–Trinajstić information content (AvgIpc) is 2.66. The first kappa shape index (κ1) is 20.5. The van der Waals surface area contributed by atoms with Gasteiger partial charge in [0.1, 0.15) is 11.6 Å². The number of aromatic nitrogens is 2. The van der Waals surface area contributed by atoms with Crippen molar-refractivity contribution in [2.24, 2.45) is 0 Å². The van der Waals surface area contributed by atoms with Crippen molar-refractivity contribution in [3.63, 3.8) is 0 Å². The van der Waals surface area contributed by atoms with Gasteiger partial charge in [-0.1, -0.05) is 0 Å². The summed E-state index contributed by atoms with van der Waals surface area (Å²) in [5, 5.41) is 11.3. The van der Waals surface area contributed by atoms with E-state index in [1.165, 1.54) is 26.4 Å². The van der Waals surface area contributed by atoms with Gasteiger partial charge in [0.25, 0.3) is 5.91 Å². The number of carbonyl (C=O) groups is 1. The summed E-state index contributed by atoms with van der Waals surface area (Å²) in [7, 11) is 2.66. The number of carbonyl (C=O) groups excluding carboxylic acids is 1. The van der Waals surface area contributed by atoms with Crippen LogP contribution in [-0.2, 0) is 10.8 Å². The minimum Gasteiger partial charge on any atom is -0.497 e. The van der Waals surface area contributed by atoms with Crippen molar-refractivity contribution in [1.29, 1.82) is 0 Å². The number of rotatable bonds is 8. The highest BCUT2D eigenvalue weighted by molar-refractivity contribution is 6.03. The van der Waals surface area contributed by atoms with Gasteiger partial charge in [0.15, 0.2) is 0 Å². The Bertz CT molecular complexity index is 835.